The zero-order chi connectivity index (χ0) is 14.3. The van der Waals surface area contributed by atoms with Crippen LogP contribution in [0.4, 0.5) is 5.69 Å². The number of methoxy groups -OCH3 is 1. The quantitative estimate of drug-likeness (QED) is 0.367. The highest BCUT2D eigenvalue weighted by molar-refractivity contribution is 5.90. The lowest BCUT2D eigenvalue weighted by Gasteiger charge is -2.02. The van der Waals surface area contributed by atoms with Crippen molar-refractivity contribution in [1.29, 1.82) is 0 Å². The molecule has 3 N–H and O–H groups in total. The fraction of sp³-hybridized carbons (Fsp3) is 0.286. The first-order chi connectivity index (χ1) is 9.04. The van der Waals surface area contributed by atoms with Gasteiger partial charge in [0, 0.05) is 31.1 Å². The summed E-state index contributed by atoms with van der Waals surface area (Å²) in [6.45, 7) is 1.96. The lowest BCUT2D eigenvalue weighted by molar-refractivity contribution is -0.118. The van der Waals surface area contributed by atoms with Crippen molar-refractivity contribution in [3.8, 4) is 11.8 Å². The molecule has 1 rings (SSSR count). The van der Waals surface area contributed by atoms with Gasteiger partial charge in [0.15, 0.2) is 0 Å². The number of hydrogen-bond donors (Lipinski definition) is 2. The van der Waals surface area contributed by atoms with Gasteiger partial charge >= 0.3 is 5.97 Å². The number of ether oxygens (including phenoxy) is 1. The second kappa shape index (κ2) is 7.07. The molecule has 0 spiro atoms. The largest absolute Gasteiger partial charge is 0.465 e. The summed E-state index contributed by atoms with van der Waals surface area (Å²) in [6.07, 6.45) is 0.539. The van der Waals surface area contributed by atoms with Crippen molar-refractivity contribution in [2.24, 2.45) is 0 Å². The Labute approximate surface area is 112 Å². The molecule has 100 valence electrons. The van der Waals surface area contributed by atoms with Crippen LogP contribution in [0.25, 0.3) is 0 Å². The monoisotopic (exact) mass is 260 g/mol. The van der Waals surface area contributed by atoms with Crippen LogP contribution in [-0.2, 0) is 9.53 Å². The minimum atomic E-state index is -0.433. The number of hydrogen-bond acceptors (Lipinski definition) is 4. The van der Waals surface area contributed by atoms with E-state index in [1.54, 1.807) is 12.1 Å². The average molecular weight is 260 g/mol. The molecule has 0 radical (unpaired) electrons. The molecular weight excluding hydrogens is 244 g/mol. The third kappa shape index (κ3) is 4.72. The van der Waals surface area contributed by atoms with Gasteiger partial charge in [-0.3, -0.25) is 4.79 Å². The highest BCUT2D eigenvalue weighted by atomic mass is 16.5. The van der Waals surface area contributed by atoms with Crippen molar-refractivity contribution in [2.45, 2.75) is 13.3 Å². The lowest BCUT2D eigenvalue weighted by atomic mass is 10.1. The summed E-state index contributed by atoms with van der Waals surface area (Å²) in [5, 5.41) is 2.64. The summed E-state index contributed by atoms with van der Waals surface area (Å²) in [5.41, 5.74) is 7.26. The van der Waals surface area contributed by atoms with Crippen molar-refractivity contribution in [3.63, 3.8) is 0 Å². The Bertz CT molecular complexity index is 541. The number of anilines is 1. The second-order valence-corrected chi connectivity index (χ2v) is 3.83. The number of nitrogen functional groups attached to an aromatic ring is 1. The first-order valence-corrected chi connectivity index (χ1v) is 5.75. The van der Waals surface area contributed by atoms with Crippen LogP contribution < -0.4 is 11.1 Å². The van der Waals surface area contributed by atoms with Gasteiger partial charge in [0.25, 0.3) is 0 Å². The Morgan fingerprint density at radius 2 is 2.16 bits per heavy atom. The zero-order valence-corrected chi connectivity index (χ0v) is 10.9. The molecule has 5 heteroatoms. The van der Waals surface area contributed by atoms with E-state index in [1.807, 2.05) is 0 Å². The molecule has 0 aromatic heterocycles. The summed E-state index contributed by atoms with van der Waals surface area (Å²) in [7, 11) is 1.31. The third-order valence-corrected chi connectivity index (χ3v) is 2.32. The molecule has 1 aromatic carbocycles. The molecule has 5 nitrogen and oxygen atoms in total. The summed E-state index contributed by atoms with van der Waals surface area (Å²) >= 11 is 0. The van der Waals surface area contributed by atoms with Gasteiger partial charge in [0.2, 0.25) is 5.91 Å². The molecule has 0 aliphatic heterocycles. The summed E-state index contributed by atoms with van der Waals surface area (Å²) in [5.74, 6) is 5.28. The van der Waals surface area contributed by atoms with Gasteiger partial charge in [-0.05, 0) is 18.2 Å². The molecule has 0 bridgehead atoms. The van der Waals surface area contributed by atoms with Crippen molar-refractivity contribution in [1.82, 2.24) is 5.32 Å². The lowest BCUT2D eigenvalue weighted by Crippen LogP contribution is -2.20. The van der Waals surface area contributed by atoms with Crippen LogP contribution in [0.15, 0.2) is 18.2 Å². The molecule has 1 amide bonds. The van der Waals surface area contributed by atoms with Gasteiger partial charge in [-0.25, -0.2) is 4.79 Å². The van der Waals surface area contributed by atoms with Crippen LogP contribution in [-0.4, -0.2) is 25.5 Å². The third-order valence-electron chi connectivity index (χ3n) is 2.32. The molecule has 19 heavy (non-hydrogen) atoms. The zero-order valence-electron chi connectivity index (χ0n) is 10.9. The van der Waals surface area contributed by atoms with E-state index in [4.69, 9.17) is 5.73 Å². The maximum atomic E-state index is 11.3. The van der Waals surface area contributed by atoms with E-state index in [0.717, 1.165) is 0 Å². The Balaban J connectivity index is 2.67. The molecule has 0 heterocycles. The number of amides is 1. The molecule has 0 saturated heterocycles. The molecule has 0 aliphatic rings. The normalized spacial score (nSPS) is 9.16. The molecule has 0 aliphatic carbocycles. The van der Waals surface area contributed by atoms with Gasteiger partial charge in [-0.15, -0.1) is 0 Å². The predicted octanol–water partition coefficient (Wildman–Crippen LogP) is 0.933. The molecule has 0 fully saturated rings. The second-order valence-electron chi connectivity index (χ2n) is 3.83. The van der Waals surface area contributed by atoms with E-state index < -0.39 is 5.97 Å². The van der Waals surface area contributed by atoms with Gasteiger partial charge in [-0.1, -0.05) is 11.8 Å². The maximum absolute atomic E-state index is 11.3. The smallest absolute Gasteiger partial charge is 0.337 e. The molecular formula is C14H16N2O3. The van der Waals surface area contributed by atoms with Gasteiger partial charge in [0.1, 0.15) is 0 Å². The van der Waals surface area contributed by atoms with Crippen LogP contribution in [0, 0.1) is 11.8 Å². The molecule has 0 atom stereocenters. The summed E-state index contributed by atoms with van der Waals surface area (Å²) < 4.78 is 4.60. The van der Waals surface area contributed by atoms with Crippen molar-refractivity contribution < 1.29 is 14.3 Å². The Hall–Kier alpha value is -2.48. The fourth-order valence-corrected chi connectivity index (χ4v) is 1.38. The van der Waals surface area contributed by atoms with Crippen LogP contribution in [0.5, 0.6) is 0 Å². The van der Waals surface area contributed by atoms with Gasteiger partial charge in [0.05, 0.1) is 12.7 Å². The first-order valence-electron chi connectivity index (χ1n) is 5.75. The van der Waals surface area contributed by atoms with Crippen molar-refractivity contribution >= 4 is 17.6 Å². The van der Waals surface area contributed by atoms with Gasteiger partial charge in [-0.2, -0.15) is 0 Å². The van der Waals surface area contributed by atoms with E-state index in [9.17, 15) is 9.59 Å². The minimum absolute atomic E-state index is 0.0799. The molecule has 0 saturated carbocycles. The first kappa shape index (κ1) is 14.6. The van der Waals surface area contributed by atoms with E-state index in [2.05, 4.69) is 21.9 Å². The van der Waals surface area contributed by atoms with Crippen molar-refractivity contribution in [2.75, 3.05) is 19.4 Å². The Morgan fingerprint density at radius 3 is 2.74 bits per heavy atom. The van der Waals surface area contributed by atoms with E-state index in [-0.39, 0.29) is 5.91 Å². The number of nitrogens with two attached hydrogens (primary N) is 1. The molecule has 1 aromatic rings. The summed E-state index contributed by atoms with van der Waals surface area (Å²) in [4.78, 5) is 21.9. The fourth-order valence-electron chi connectivity index (χ4n) is 1.38. The van der Waals surface area contributed by atoms with Crippen LogP contribution >= 0.6 is 0 Å². The number of nitrogens with one attached hydrogen (secondary N) is 1. The Morgan fingerprint density at radius 1 is 1.42 bits per heavy atom. The standard InChI is InChI=1S/C14H16N2O3/c1-10(17)16-8-4-3-5-11-6-7-12(9-13(11)15)14(18)19-2/h6-7,9H,4,8,15H2,1-2H3,(H,16,17). The average Bonchev–Trinajstić information content (AvgIpc) is 2.38. The van der Waals surface area contributed by atoms with Crippen LogP contribution in [0.3, 0.4) is 0 Å². The summed E-state index contributed by atoms with van der Waals surface area (Å²) in [6, 6.07) is 4.82. The highest BCUT2D eigenvalue weighted by Crippen LogP contribution is 2.13. The maximum Gasteiger partial charge on any atom is 0.337 e. The van der Waals surface area contributed by atoms with E-state index >= 15 is 0 Å². The van der Waals surface area contributed by atoms with Crippen molar-refractivity contribution in [3.05, 3.63) is 29.3 Å². The van der Waals surface area contributed by atoms with Crippen LogP contribution in [0.2, 0.25) is 0 Å². The predicted molar refractivity (Wildman–Crippen MR) is 72.4 cm³/mol. The number of carbonyl (C=O) groups is 2. The SMILES string of the molecule is COC(=O)c1ccc(C#CCCNC(C)=O)c(N)c1. The number of rotatable bonds is 3. The Kier molecular flexibility index (Phi) is 5.42. The minimum Gasteiger partial charge on any atom is -0.465 e. The highest BCUT2D eigenvalue weighted by Gasteiger charge is 2.06. The van der Waals surface area contributed by atoms with Gasteiger partial charge < -0.3 is 15.8 Å². The van der Waals surface area contributed by atoms with E-state index in [0.29, 0.717) is 29.8 Å². The van der Waals surface area contributed by atoms with Crippen LogP contribution in [0.1, 0.15) is 29.3 Å². The number of esters is 1. The topological polar surface area (TPSA) is 81.4 Å². The van der Waals surface area contributed by atoms with E-state index in [1.165, 1.54) is 20.1 Å². The number of benzene rings is 1. The molecule has 0 unspecified atom stereocenters. The number of carbonyl (C=O) groups excluding carboxylic acids is 2.